The molecule has 0 N–H and O–H groups in total. The fraction of sp³-hybridized carbons (Fsp3) is 0.0149. The first kappa shape index (κ1) is 40.3. The summed E-state index contributed by atoms with van der Waals surface area (Å²) in [6.07, 6.45) is 0. The van der Waals surface area contributed by atoms with Gasteiger partial charge in [-0.15, -0.1) is 0 Å². The molecule has 0 unspecified atom stereocenters. The fourth-order valence-electron chi connectivity index (χ4n) is 11.0. The van der Waals surface area contributed by atoms with Gasteiger partial charge in [-0.25, -0.2) is 0 Å². The van der Waals surface area contributed by atoms with E-state index in [4.69, 9.17) is 4.42 Å². The first-order chi connectivity index (χ1) is 34.2. The maximum atomic E-state index is 7.04. The molecule has 0 bridgehead atoms. The van der Waals surface area contributed by atoms with Crippen molar-refractivity contribution in [3.05, 3.63) is 295 Å². The van der Waals surface area contributed by atoms with Crippen LogP contribution in [0.1, 0.15) is 22.3 Å². The molecule has 0 radical (unpaired) electrons. The van der Waals surface area contributed by atoms with Crippen LogP contribution in [0.25, 0.3) is 77.6 Å². The van der Waals surface area contributed by atoms with E-state index in [1.54, 1.807) is 0 Å². The van der Waals surface area contributed by atoms with Crippen LogP contribution in [0.15, 0.2) is 277 Å². The SMILES string of the molecule is c1ccc(-c2ccc(N(c3cccc(C4(c5ccc(-c6ccccc6)cc5)c5ccccc5-c5ccccc54)c3)c3cccc4oc5c(-c6ccccc6)cc(-c6ccccc6)cc5c34)cc2)cc1. The Hall–Kier alpha value is -8.98. The number of hydrogen-bond acceptors (Lipinski definition) is 2. The number of nitrogens with zero attached hydrogens (tertiary/aromatic N) is 1. The molecule has 1 aliphatic rings. The average molecular weight is 880 g/mol. The summed E-state index contributed by atoms with van der Waals surface area (Å²) in [5.41, 5.74) is 20.9. The van der Waals surface area contributed by atoms with Crippen molar-refractivity contribution in [1.82, 2.24) is 0 Å². The average Bonchev–Trinajstić information content (AvgIpc) is 3.97. The van der Waals surface area contributed by atoms with E-state index < -0.39 is 5.41 Å². The molecule has 0 fully saturated rings. The predicted molar refractivity (Wildman–Crippen MR) is 287 cm³/mol. The quantitative estimate of drug-likeness (QED) is 0.144. The van der Waals surface area contributed by atoms with E-state index in [-0.39, 0.29) is 0 Å². The highest BCUT2D eigenvalue weighted by Gasteiger charge is 2.46. The maximum absolute atomic E-state index is 7.04. The molecule has 1 aromatic heterocycles. The summed E-state index contributed by atoms with van der Waals surface area (Å²) in [6, 6.07) is 99.2. The van der Waals surface area contributed by atoms with Gasteiger partial charge in [0.05, 0.1) is 16.5 Å². The largest absolute Gasteiger partial charge is 0.455 e. The Morgan fingerprint density at radius 3 is 1.39 bits per heavy atom. The zero-order valence-electron chi connectivity index (χ0n) is 37.8. The number of hydrogen-bond donors (Lipinski definition) is 0. The highest BCUT2D eigenvalue weighted by molar-refractivity contribution is 6.17. The summed E-state index contributed by atoms with van der Waals surface area (Å²) in [5, 5.41) is 2.12. The van der Waals surface area contributed by atoms with Gasteiger partial charge in [0.25, 0.3) is 0 Å². The molecule has 0 aliphatic heterocycles. The molecule has 0 amide bonds. The van der Waals surface area contributed by atoms with Gasteiger partial charge in [-0.1, -0.05) is 224 Å². The maximum Gasteiger partial charge on any atom is 0.143 e. The molecule has 0 saturated carbocycles. The van der Waals surface area contributed by atoms with Crippen molar-refractivity contribution >= 4 is 39.0 Å². The van der Waals surface area contributed by atoms with E-state index in [9.17, 15) is 0 Å². The molecule has 69 heavy (non-hydrogen) atoms. The van der Waals surface area contributed by atoms with Crippen LogP contribution >= 0.6 is 0 Å². The summed E-state index contributed by atoms with van der Waals surface area (Å²) in [4.78, 5) is 2.44. The molecular formula is C67H45NO. The molecule has 0 saturated heterocycles. The Labute approximate surface area is 402 Å². The monoisotopic (exact) mass is 879 g/mol. The molecule has 2 heteroatoms. The van der Waals surface area contributed by atoms with Crippen LogP contribution in [0.4, 0.5) is 17.1 Å². The Morgan fingerprint density at radius 1 is 0.304 bits per heavy atom. The third-order valence-corrected chi connectivity index (χ3v) is 14.2. The molecule has 12 aromatic rings. The minimum atomic E-state index is -0.606. The third-order valence-electron chi connectivity index (χ3n) is 14.2. The first-order valence-electron chi connectivity index (χ1n) is 23.7. The summed E-state index contributed by atoms with van der Waals surface area (Å²) in [7, 11) is 0. The van der Waals surface area contributed by atoms with Crippen molar-refractivity contribution in [2.45, 2.75) is 5.41 Å². The van der Waals surface area contributed by atoms with Gasteiger partial charge in [0.1, 0.15) is 11.2 Å². The molecule has 1 heterocycles. The lowest BCUT2D eigenvalue weighted by Crippen LogP contribution is -2.29. The topological polar surface area (TPSA) is 16.4 Å². The number of furan rings is 1. The lowest BCUT2D eigenvalue weighted by molar-refractivity contribution is 0.670. The van der Waals surface area contributed by atoms with Crippen LogP contribution in [-0.4, -0.2) is 0 Å². The Morgan fingerprint density at radius 2 is 0.797 bits per heavy atom. The van der Waals surface area contributed by atoms with Crippen molar-refractivity contribution in [1.29, 1.82) is 0 Å². The first-order valence-corrected chi connectivity index (χ1v) is 23.7. The molecule has 11 aromatic carbocycles. The Bertz CT molecular complexity index is 3760. The molecule has 0 atom stereocenters. The van der Waals surface area contributed by atoms with Crippen LogP contribution in [0.3, 0.4) is 0 Å². The van der Waals surface area contributed by atoms with Crippen molar-refractivity contribution < 1.29 is 4.42 Å². The predicted octanol–water partition coefficient (Wildman–Crippen LogP) is 18.1. The number of anilines is 3. The number of benzene rings is 11. The van der Waals surface area contributed by atoms with Crippen LogP contribution < -0.4 is 4.90 Å². The van der Waals surface area contributed by atoms with Gasteiger partial charge in [0.15, 0.2) is 0 Å². The van der Waals surface area contributed by atoms with E-state index in [1.807, 2.05) is 0 Å². The van der Waals surface area contributed by atoms with Crippen LogP contribution in [0.5, 0.6) is 0 Å². The van der Waals surface area contributed by atoms with E-state index in [2.05, 4.69) is 278 Å². The Kier molecular flexibility index (Phi) is 9.77. The van der Waals surface area contributed by atoms with E-state index in [0.29, 0.717) is 0 Å². The van der Waals surface area contributed by atoms with Gasteiger partial charge in [-0.3, -0.25) is 0 Å². The summed E-state index contributed by atoms with van der Waals surface area (Å²) in [5.74, 6) is 0. The minimum Gasteiger partial charge on any atom is -0.455 e. The highest BCUT2D eigenvalue weighted by atomic mass is 16.3. The second kappa shape index (κ2) is 16.7. The van der Waals surface area contributed by atoms with Gasteiger partial charge in [-0.05, 0) is 121 Å². The van der Waals surface area contributed by atoms with Gasteiger partial charge >= 0.3 is 0 Å². The lowest BCUT2D eigenvalue weighted by Gasteiger charge is -2.35. The Balaban J connectivity index is 1.07. The molecular weight excluding hydrogens is 835 g/mol. The van der Waals surface area contributed by atoms with Crippen LogP contribution in [0.2, 0.25) is 0 Å². The zero-order chi connectivity index (χ0) is 45.7. The van der Waals surface area contributed by atoms with Gasteiger partial charge in [0.2, 0.25) is 0 Å². The van der Waals surface area contributed by atoms with Crippen molar-refractivity contribution in [3.63, 3.8) is 0 Å². The third kappa shape index (κ3) is 6.72. The summed E-state index contributed by atoms with van der Waals surface area (Å²) < 4.78 is 7.04. The van der Waals surface area contributed by atoms with E-state index >= 15 is 0 Å². The second-order valence-corrected chi connectivity index (χ2v) is 18.0. The smallest absolute Gasteiger partial charge is 0.143 e. The molecule has 13 rings (SSSR count). The minimum absolute atomic E-state index is 0.606. The van der Waals surface area contributed by atoms with Gasteiger partial charge in [0, 0.05) is 22.3 Å². The summed E-state index contributed by atoms with van der Waals surface area (Å²) >= 11 is 0. The van der Waals surface area contributed by atoms with Crippen molar-refractivity contribution in [2.75, 3.05) is 4.90 Å². The molecule has 324 valence electrons. The molecule has 1 aliphatic carbocycles. The van der Waals surface area contributed by atoms with Crippen molar-refractivity contribution in [3.8, 4) is 55.6 Å². The van der Waals surface area contributed by atoms with E-state index in [1.165, 1.54) is 50.1 Å². The van der Waals surface area contributed by atoms with Gasteiger partial charge in [-0.2, -0.15) is 0 Å². The van der Waals surface area contributed by atoms with E-state index in [0.717, 1.165) is 66.8 Å². The van der Waals surface area contributed by atoms with Crippen molar-refractivity contribution in [2.24, 2.45) is 0 Å². The molecule has 0 spiro atoms. The normalized spacial score (nSPS) is 12.5. The standard InChI is InChI=1S/C67H45NO/c1-5-19-46(20-6-1)49-35-39-53(40-36-49)67(61-31-15-13-29-57(61)58-30-14-16-32-62(58)67)54-27-17-28-56(45-54)68(55-41-37-50(38-42-55)47-21-7-2-8-22-47)63-33-18-34-64-65(63)60-44-52(48-23-9-3-10-24-48)43-59(66(60)69-64)51-25-11-4-12-26-51/h1-45H. The zero-order valence-corrected chi connectivity index (χ0v) is 37.8. The van der Waals surface area contributed by atoms with Gasteiger partial charge < -0.3 is 9.32 Å². The van der Waals surface area contributed by atoms with Crippen LogP contribution in [-0.2, 0) is 5.41 Å². The lowest BCUT2D eigenvalue weighted by atomic mass is 9.67. The second-order valence-electron chi connectivity index (χ2n) is 18.0. The van der Waals surface area contributed by atoms with Crippen LogP contribution in [0, 0.1) is 0 Å². The number of rotatable bonds is 9. The fourth-order valence-corrected chi connectivity index (χ4v) is 11.0. The highest BCUT2D eigenvalue weighted by Crippen LogP contribution is 2.57. The molecule has 2 nitrogen and oxygen atoms in total. The number of fused-ring (bicyclic) bond motifs is 6. The summed E-state index contributed by atoms with van der Waals surface area (Å²) in [6.45, 7) is 0.